The summed E-state index contributed by atoms with van der Waals surface area (Å²) in [4.78, 5) is 3.54. The molecule has 1 aliphatic heterocycles. The highest BCUT2D eigenvalue weighted by atomic mass is 16.6. The summed E-state index contributed by atoms with van der Waals surface area (Å²) in [5.74, 6) is 1.47. The van der Waals surface area contributed by atoms with Crippen molar-refractivity contribution in [2.75, 3.05) is 13.2 Å². The minimum Gasteiger partial charge on any atom is -0.486 e. The van der Waals surface area contributed by atoms with Crippen LogP contribution in [0.5, 0.6) is 11.5 Å². The van der Waals surface area contributed by atoms with Gasteiger partial charge in [0.15, 0.2) is 11.5 Å². The number of benzene rings is 1. The molecule has 0 amide bonds. The summed E-state index contributed by atoms with van der Waals surface area (Å²) in [5.41, 5.74) is 0.694. The van der Waals surface area contributed by atoms with Crippen molar-refractivity contribution in [3.05, 3.63) is 23.0 Å². The van der Waals surface area contributed by atoms with Gasteiger partial charge in [-0.25, -0.2) is 0 Å². The van der Waals surface area contributed by atoms with Crippen molar-refractivity contribution in [1.82, 2.24) is 0 Å². The lowest BCUT2D eigenvalue weighted by Crippen LogP contribution is -2.14. The van der Waals surface area contributed by atoms with Crippen molar-refractivity contribution in [2.45, 2.75) is 0 Å². The van der Waals surface area contributed by atoms with Crippen LogP contribution in [0.15, 0.2) is 18.2 Å². The van der Waals surface area contributed by atoms with Crippen molar-refractivity contribution >= 4 is 5.69 Å². The summed E-state index contributed by atoms with van der Waals surface area (Å²) in [6.45, 7) is 6.30. The Morgan fingerprint density at radius 3 is 2.67 bits per heavy atom. The van der Waals surface area contributed by atoms with Gasteiger partial charge in [0, 0.05) is 6.07 Å². The monoisotopic (exact) mass is 162 g/mol. The molecule has 0 N–H and O–H groups in total. The number of fused-ring (bicyclic) bond motifs is 1. The molecule has 1 aromatic rings. The third kappa shape index (κ3) is 1.08. The fraction of sp³-hybridized carbons (Fsp3) is 0.222. The maximum Gasteiger partial charge on any atom is 0.343 e. The molecule has 1 aromatic carbocycles. The van der Waals surface area contributed by atoms with Crippen LogP contribution < -0.4 is 9.47 Å². The van der Waals surface area contributed by atoms with Crippen LogP contribution in [0.4, 0.5) is 5.69 Å². The Balaban J connectivity index is 2.44. The number of nitrogens with zero attached hydrogens (tertiary/aromatic N) is 1. The van der Waals surface area contributed by atoms with Crippen LogP contribution in [0, 0.1) is 6.57 Å². The first-order valence-electron chi connectivity index (χ1n) is 3.71. The Labute approximate surface area is 70.4 Å². The van der Waals surface area contributed by atoms with Crippen molar-refractivity contribution in [2.24, 2.45) is 0 Å². The van der Waals surface area contributed by atoms with Gasteiger partial charge in [0.25, 0.3) is 6.57 Å². The SMILES string of the molecule is C#[N+]c1ccc2c(c1)OCCO2. The second-order valence-electron chi connectivity index (χ2n) is 2.46. The fourth-order valence-corrected chi connectivity index (χ4v) is 1.11. The molecule has 12 heavy (non-hydrogen) atoms. The van der Waals surface area contributed by atoms with E-state index in [9.17, 15) is 0 Å². The van der Waals surface area contributed by atoms with Crippen LogP contribution in [0.25, 0.3) is 4.85 Å². The van der Waals surface area contributed by atoms with Gasteiger partial charge < -0.3 is 9.47 Å². The molecular weight excluding hydrogens is 154 g/mol. The van der Waals surface area contributed by atoms with Crippen LogP contribution in [0.2, 0.25) is 0 Å². The topological polar surface area (TPSA) is 22.8 Å². The Kier molecular flexibility index (Phi) is 1.60. The maximum atomic E-state index is 5.33. The summed E-state index contributed by atoms with van der Waals surface area (Å²) in [5, 5.41) is 0. The molecule has 60 valence electrons. The fourth-order valence-electron chi connectivity index (χ4n) is 1.11. The van der Waals surface area contributed by atoms with E-state index < -0.39 is 0 Å². The predicted molar refractivity (Wildman–Crippen MR) is 45.4 cm³/mol. The Hall–Kier alpha value is -1.69. The molecule has 2 rings (SSSR count). The molecule has 0 radical (unpaired) electrons. The zero-order valence-electron chi connectivity index (χ0n) is 6.49. The number of ether oxygens (including phenoxy) is 2. The quantitative estimate of drug-likeness (QED) is 0.582. The van der Waals surface area contributed by atoms with Gasteiger partial charge in [0.05, 0.1) is 6.07 Å². The van der Waals surface area contributed by atoms with Crippen molar-refractivity contribution in [3.63, 3.8) is 0 Å². The molecule has 0 spiro atoms. The van der Waals surface area contributed by atoms with Gasteiger partial charge in [-0.3, -0.25) is 0 Å². The Morgan fingerprint density at radius 1 is 1.17 bits per heavy atom. The minimum atomic E-state index is 0.584. The molecule has 0 bridgehead atoms. The standard InChI is InChI=1S/C9H8NO2/c1-10-7-2-3-8-9(6-7)12-5-4-11-8/h1-3,6H,4-5H2/q+1. The summed E-state index contributed by atoms with van der Waals surface area (Å²) in [6.07, 6.45) is 0. The predicted octanol–water partition coefficient (Wildman–Crippen LogP) is 2.05. The van der Waals surface area contributed by atoms with Crippen molar-refractivity contribution < 1.29 is 9.47 Å². The van der Waals surface area contributed by atoms with Crippen LogP contribution in [0.3, 0.4) is 0 Å². The minimum absolute atomic E-state index is 0.584. The van der Waals surface area contributed by atoms with Gasteiger partial charge in [-0.15, -0.1) is 0 Å². The molecule has 3 heteroatoms. The maximum absolute atomic E-state index is 5.33. The average Bonchev–Trinajstić information content (AvgIpc) is 2.17. The largest absolute Gasteiger partial charge is 0.486 e. The molecule has 0 aliphatic carbocycles. The zero-order valence-corrected chi connectivity index (χ0v) is 6.49. The van der Waals surface area contributed by atoms with Crippen LogP contribution in [-0.4, -0.2) is 13.2 Å². The Morgan fingerprint density at radius 2 is 1.92 bits per heavy atom. The van der Waals surface area contributed by atoms with Crippen molar-refractivity contribution in [1.29, 1.82) is 0 Å². The van der Waals surface area contributed by atoms with E-state index >= 15 is 0 Å². The lowest BCUT2D eigenvalue weighted by atomic mass is 10.2. The highest BCUT2D eigenvalue weighted by Crippen LogP contribution is 2.33. The van der Waals surface area contributed by atoms with E-state index in [1.807, 2.05) is 0 Å². The second kappa shape index (κ2) is 2.74. The third-order valence-corrected chi connectivity index (χ3v) is 1.67. The van der Waals surface area contributed by atoms with E-state index in [0.29, 0.717) is 24.7 Å². The van der Waals surface area contributed by atoms with Gasteiger partial charge in [0.1, 0.15) is 13.2 Å². The third-order valence-electron chi connectivity index (χ3n) is 1.67. The molecule has 3 nitrogen and oxygen atoms in total. The molecule has 0 aromatic heterocycles. The first kappa shape index (κ1) is 6.99. The van der Waals surface area contributed by atoms with Crippen LogP contribution >= 0.6 is 0 Å². The van der Waals surface area contributed by atoms with E-state index in [1.54, 1.807) is 18.2 Å². The summed E-state index contributed by atoms with van der Waals surface area (Å²) in [7, 11) is 0. The van der Waals surface area contributed by atoms with Gasteiger partial charge in [-0.05, 0) is 10.9 Å². The summed E-state index contributed by atoms with van der Waals surface area (Å²) in [6, 6.07) is 5.35. The number of hydrogen-bond acceptors (Lipinski definition) is 2. The first-order valence-corrected chi connectivity index (χ1v) is 3.71. The van der Waals surface area contributed by atoms with Gasteiger partial charge in [0.2, 0.25) is 0 Å². The van der Waals surface area contributed by atoms with E-state index in [2.05, 4.69) is 4.85 Å². The normalized spacial score (nSPS) is 13.6. The summed E-state index contributed by atoms with van der Waals surface area (Å²) >= 11 is 0. The van der Waals surface area contributed by atoms with Gasteiger partial charge in [-0.2, -0.15) is 0 Å². The molecule has 0 saturated carbocycles. The molecule has 0 atom stereocenters. The number of hydrogen-bond donors (Lipinski definition) is 0. The first-order chi connectivity index (χ1) is 5.90. The van der Waals surface area contributed by atoms with E-state index in [-0.39, 0.29) is 0 Å². The van der Waals surface area contributed by atoms with Crippen LogP contribution in [-0.2, 0) is 0 Å². The summed E-state index contributed by atoms with van der Waals surface area (Å²) < 4.78 is 10.6. The van der Waals surface area contributed by atoms with E-state index in [0.717, 1.165) is 5.75 Å². The second-order valence-corrected chi connectivity index (χ2v) is 2.46. The molecule has 1 heterocycles. The van der Waals surface area contributed by atoms with E-state index in [4.69, 9.17) is 16.0 Å². The molecule has 0 unspecified atom stereocenters. The Bertz CT molecular complexity index is 341. The lowest BCUT2D eigenvalue weighted by Gasteiger charge is -2.16. The van der Waals surface area contributed by atoms with Crippen LogP contribution in [0.1, 0.15) is 0 Å². The molecule has 0 saturated heterocycles. The highest BCUT2D eigenvalue weighted by molar-refractivity contribution is 5.56. The van der Waals surface area contributed by atoms with Gasteiger partial charge in [-0.1, -0.05) is 0 Å². The molecule has 0 fully saturated rings. The lowest BCUT2D eigenvalue weighted by molar-refractivity contribution is 0.171. The zero-order chi connectivity index (χ0) is 8.39. The number of rotatable bonds is 0. The van der Waals surface area contributed by atoms with Gasteiger partial charge >= 0.3 is 5.69 Å². The van der Waals surface area contributed by atoms with E-state index in [1.165, 1.54) is 0 Å². The molecule has 1 aliphatic rings. The average molecular weight is 162 g/mol. The smallest absolute Gasteiger partial charge is 0.343 e. The van der Waals surface area contributed by atoms with Crippen molar-refractivity contribution in [3.8, 4) is 18.1 Å². The molecular formula is C9H8NO2+. The highest BCUT2D eigenvalue weighted by Gasteiger charge is 2.14.